The molecule has 0 bridgehead atoms. The zero-order valence-corrected chi connectivity index (χ0v) is 14.7. The van der Waals surface area contributed by atoms with Gasteiger partial charge in [-0.15, -0.1) is 0 Å². The molecule has 2 aromatic rings. The van der Waals surface area contributed by atoms with Gasteiger partial charge in [0.2, 0.25) is 0 Å². The van der Waals surface area contributed by atoms with Gasteiger partial charge in [0.25, 0.3) is 5.91 Å². The summed E-state index contributed by atoms with van der Waals surface area (Å²) in [5, 5.41) is 3.36. The average molecular weight is 361 g/mol. The van der Waals surface area contributed by atoms with E-state index in [1.807, 2.05) is 0 Å². The normalized spacial score (nSPS) is 22.6. The first-order valence-electron chi connectivity index (χ1n) is 9.17. The summed E-state index contributed by atoms with van der Waals surface area (Å²) in [7, 11) is 0. The van der Waals surface area contributed by atoms with Gasteiger partial charge in [0.05, 0.1) is 25.4 Å². The first kappa shape index (κ1) is 17.5. The van der Waals surface area contributed by atoms with Crippen molar-refractivity contribution >= 4 is 16.8 Å². The molecule has 0 aliphatic carbocycles. The molecule has 2 aliphatic rings. The number of H-pyrrole nitrogens is 1. The van der Waals surface area contributed by atoms with Crippen molar-refractivity contribution in [1.29, 1.82) is 0 Å². The lowest BCUT2D eigenvalue weighted by molar-refractivity contribution is 0.00167. The van der Waals surface area contributed by atoms with Crippen molar-refractivity contribution in [3.8, 4) is 0 Å². The Bertz CT molecular complexity index is 766. The molecule has 0 radical (unpaired) electrons. The molecule has 1 amide bonds. The quantitative estimate of drug-likeness (QED) is 0.852. The van der Waals surface area contributed by atoms with Crippen LogP contribution in [0.3, 0.4) is 0 Å². The molecule has 0 unspecified atom stereocenters. The van der Waals surface area contributed by atoms with Crippen molar-refractivity contribution in [2.24, 2.45) is 5.92 Å². The number of aromatic amines is 1. The van der Waals surface area contributed by atoms with Crippen molar-refractivity contribution < 1.29 is 18.7 Å². The molecule has 3 heterocycles. The standard InChI is InChI=1S/C19H24FN3O3/c20-15-2-1-3-16-18(15)14(10-21-16)19(24)22-11-17(13-4-7-26-12-13)23-5-8-25-9-6-23/h1-3,10,13,17,21H,4-9,11-12H2,(H,22,24)/t13-,17+/m0/s1. The van der Waals surface area contributed by atoms with Gasteiger partial charge < -0.3 is 19.8 Å². The van der Waals surface area contributed by atoms with Gasteiger partial charge in [-0.05, 0) is 18.6 Å². The number of rotatable bonds is 5. The highest BCUT2D eigenvalue weighted by Gasteiger charge is 2.32. The molecule has 2 aliphatic heterocycles. The van der Waals surface area contributed by atoms with Crippen LogP contribution in [-0.2, 0) is 9.47 Å². The lowest BCUT2D eigenvalue weighted by Gasteiger charge is -2.37. The van der Waals surface area contributed by atoms with Gasteiger partial charge in [-0.3, -0.25) is 9.69 Å². The van der Waals surface area contributed by atoms with E-state index in [0.717, 1.165) is 32.7 Å². The number of amides is 1. The van der Waals surface area contributed by atoms with E-state index < -0.39 is 0 Å². The molecule has 2 atom stereocenters. The Balaban J connectivity index is 1.48. The first-order chi connectivity index (χ1) is 12.7. The largest absolute Gasteiger partial charge is 0.381 e. The maximum atomic E-state index is 14.1. The molecule has 2 saturated heterocycles. The molecule has 7 heteroatoms. The van der Waals surface area contributed by atoms with Crippen LogP contribution < -0.4 is 5.32 Å². The van der Waals surface area contributed by atoms with Crippen molar-refractivity contribution in [1.82, 2.24) is 15.2 Å². The Morgan fingerprint density at radius 2 is 2.15 bits per heavy atom. The molecule has 26 heavy (non-hydrogen) atoms. The molecule has 4 rings (SSSR count). The second-order valence-electron chi connectivity index (χ2n) is 6.91. The summed E-state index contributed by atoms with van der Waals surface area (Å²) in [6.45, 7) is 5.16. The lowest BCUT2D eigenvalue weighted by atomic mass is 9.96. The fraction of sp³-hybridized carbons (Fsp3) is 0.526. The Morgan fingerprint density at radius 3 is 2.92 bits per heavy atom. The number of nitrogens with one attached hydrogen (secondary N) is 2. The number of hydrogen-bond acceptors (Lipinski definition) is 4. The van der Waals surface area contributed by atoms with Gasteiger partial charge in [-0.2, -0.15) is 0 Å². The highest BCUT2D eigenvalue weighted by molar-refractivity contribution is 6.06. The zero-order chi connectivity index (χ0) is 17.9. The number of nitrogens with zero attached hydrogens (tertiary/aromatic N) is 1. The number of carbonyl (C=O) groups excluding carboxylic acids is 1. The van der Waals surface area contributed by atoms with Crippen LogP contribution in [0.5, 0.6) is 0 Å². The number of halogens is 1. The smallest absolute Gasteiger partial charge is 0.253 e. The van der Waals surface area contributed by atoms with Crippen molar-refractivity contribution in [2.75, 3.05) is 46.1 Å². The van der Waals surface area contributed by atoms with Gasteiger partial charge >= 0.3 is 0 Å². The summed E-state index contributed by atoms with van der Waals surface area (Å²) in [5.41, 5.74) is 0.977. The molecule has 0 saturated carbocycles. The minimum Gasteiger partial charge on any atom is -0.381 e. The minimum absolute atomic E-state index is 0.209. The Morgan fingerprint density at radius 1 is 1.31 bits per heavy atom. The van der Waals surface area contributed by atoms with Crippen LogP contribution in [0, 0.1) is 11.7 Å². The molecule has 2 fully saturated rings. The van der Waals surface area contributed by atoms with E-state index in [-0.39, 0.29) is 17.8 Å². The highest BCUT2D eigenvalue weighted by atomic mass is 19.1. The molecule has 6 nitrogen and oxygen atoms in total. The van der Waals surface area contributed by atoms with Crippen LogP contribution in [0.25, 0.3) is 10.9 Å². The van der Waals surface area contributed by atoms with E-state index >= 15 is 0 Å². The van der Waals surface area contributed by atoms with Crippen LogP contribution in [0.15, 0.2) is 24.4 Å². The van der Waals surface area contributed by atoms with Gasteiger partial charge in [-0.25, -0.2) is 4.39 Å². The summed E-state index contributed by atoms with van der Waals surface area (Å²) in [6.07, 6.45) is 2.57. The van der Waals surface area contributed by atoms with Crippen molar-refractivity contribution in [2.45, 2.75) is 12.5 Å². The fourth-order valence-electron chi connectivity index (χ4n) is 3.97. The van der Waals surface area contributed by atoms with Gasteiger partial charge in [0.1, 0.15) is 5.82 Å². The third kappa shape index (κ3) is 3.47. The predicted molar refractivity (Wildman–Crippen MR) is 95.7 cm³/mol. The van der Waals surface area contributed by atoms with E-state index in [2.05, 4.69) is 15.2 Å². The Hall–Kier alpha value is -1.96. The Labute approximate surface area is 151 Å². The number of aromatic nitrogens is 1. The number of benzene rings is 1. The SMILES string of the molecule is O=C(NC[C@H]([C@H]1CCOC1)N1CCOCC1)c1c[nH]c2cccc(F)c12. The molecular weight excluding hydrogens is 337 g/mol. The molecule has 0 spiro atoms. The van der Waals surface area contributed by atoms with E-state index in [0.29, 0.717) is 42.1 Å². The summed E-state index contributed by atoms with van der Waals surface area (Å²) in [5.74, 6) is -0.241. The zero-order valence-electron chi connectivity index (χ0n) is 14.7. The van der Waals surface area contributed by atoms with Crippen LogP contribution >= 0.6 is 0 Å². The summed E-state index contributed by atoms with van der Waals surface area (Å²) in [4.78, 5) is 18.0. The van der Waals surface area contributed by atoms with Gasteiger partial charge in [-0.1, -0.05) is 6.07 Å². The molecule has 1 aromatic heterocycles. The monoisotopic (exact) mass is 361 g/mol. The number of morpholine rings is 1. The van der Waals surface area contributed by atoms with E-state index in [1.54, 1.807) is 18.3 Å². The van der Waals surface area contributed by atoms with Gasteiger partial charge in [0.15, 0.2) is 0 Å². The van der Waals surface area contributed by atoms with Crippen molar-refractivity contribution in [3.05, 3.63) is 35.8 Å². The lowest BCUT2D eigenvalue weighted by Crippen LogP contribution is -2.52. The Kier molecular flexibility index (Phi) is 5.19. The number of ether oxygens (including phenoxy) is 2. The third-order valence-corrected chi connectivity index (χ3v) is 5.40. The van der Waals surface area contributed by atoms with E-state index in [4.69, 9.17) is 9.47 Å². The molecule has 140 valence electrons. The number of fused-ring (bicyclic) bond motifs is 1. The second-order valence-corrected chi connectivity index (χ2v) is 6.91. The minimum atomic E-state index is -0.386. The second kappa shape index (κ2) is 7.73. The average Bonchev–Trinajstić information content (AvgIpc) is 3.33. The first-order valence-corrected chi connectivity index (χ1v) is 9.17. The predicted octanol–water partition coefficient (Wildman–Crippen LogP) is 1.77. The van der Waals surface area contributed by atoms with Crippen LogP contribution in [0.4, 0.5) is 4.39 Å². The topological polar surface area (TPSA) is 66.6 Å². The summed E-state index contributed by atoms with van der Waals surface area (Å²) < 4.78 is 25.1. The third-order valence-electron chi connectivity index (χ3n) is 5.40. The maximum Gasteiger partial charge on any atom is 0.253 e. The van der Waals surface area contributed by atoms with Crippen LogP contribution in [-0.4, -0.2) is 67.9 Å². The summed E-state index contributed by atoms with van der Waals surface area (Å²) >= 11 is 0. The highest BCUT2D eigenvalue weighted by Crippen LogP contribution is 2.23. The van der Waals surface area contributed by atoms with E-state index in [1.165, 1.54) is 6.07 Å². The number of carbonyl (C=O) groups is 1. The van der Waals surface area contributed by atoms with Crippen LogP contribution in [0.1, 0.15) is 16.8 Å². The van der Waals surface area contributed by atoms with Crippen molar-refractivity contribution in [3.63, 3.8) is 0 Å². The molecular formula is C19H24FN3O3. The molecule has 1 aromatic carbocycles. The fourth-order valence-corrected chi connectivity index (χ4v) is 3.97. The van der Waals surface area contributed by atoms with E-state index in [9.17, 15) is 9.18 Å². The summed E-state index contributed by atoms with van der Waals surface area (Å²) in [6, 6.07) is 4.98. The maximum absolute atomic E-state index is 14.1. The van der Waals surface area contributed by atoms with Crippen LogP contribution in [0.2, 0.25) is 0 Å². The van der Waals surface area contributed by atoms with Gasteiger partial charge in [0, 0.05) is 55.3 Å². The number of hydrogen-bond donors (Lipinski definition) is 2. The molecule has 2 N–H and O–H groups in total.